The molecule has 1 aromatic carbocycles. The molecule has 1 heterocycles. The Kier molecular flexibility index (Phi) is 4.98. The highest BCUT2D eigenvalue weighted by Crippen LogP contribution is 2.24. The number of halogens is 1. The Morgan fingerprint density at radius 1 is 1.33 bits per heavy atom. The number of nitro benzene ring substituents is 1. The Morgan fingerprint density at radius 2 is 2.10 bits per heavy atom. The molecule has 0 bridgehead atoms. The van der Waals surface area contributed by atoms with Crippen molar-refractivity contribution in [3.05, 3.63) is 38.9 Å². The SMILES string of the molecule is NC(=O)N1CCCN(Cc2cc(Cl)ccc2[N+](=O)[O-])CC1. The lowest BCUT2D eigenvalue weighted by molar-refractivity contribution is -0.385. The zero-order chi connectivity index (χ0) is 15.4. The van der Waals surface area contributed by atoms with Crippen LogP contribution in [-0.2, 0) is 6.54 Å². The summed E-state index contributed by atoms with van der Waals surface area (Å²) in [6.07, 6.45) is 0.789. The summed E-state index contributed by atoms with van der Waals surface area (Å²) in [5.74, 6) is 0. The van der Waals surface area contributed by atoms with Crippen LogP contribution in [0.2, 0.25) is 5.02 Å². The molecule has 0 aromatic heterocycles. The predicted molar refractivity (Wildman–Crippen MR) is 79.2 cm³/mol. The van der Waals surface area contributed by atoms with E-state index in [1.165, 1.54) is 12.1 Å². The highest BCUT2D eigenvalue weighted by atomic mass is 35.5. The Balaban J connectivity index is 2.09. The van der Waals surface area contributed by atoms with Crippen molar-refractivity contribution in [2.24, 2.45) is 5.73 Å². The average molecular weight is 313 g/mol. The molecule has 1 aromatic rings. The van der Waals surface area contributed by atoms with E-state index in [1.807, 2.05) is 0 Å². The minimum absolute atomic E-state index is 0.0652. The highest BCUT2D eigenvalue weighted by Gasteiger charge is 2.20. The number of hydrogen-bond acceptors (Lipinski definition) is 4. The monoisotopic (exact) mass is 312 g/mol. The van der Waals surface area contributed by atoms with Crippen molar-refractivity contribution in [1.82, 2.24) is 9.80 Å². The minimum Gasteiger partial charge on any atom is -0.351 e. The molecule has 114 valence electrons. The fourth-order valence-electron chi connectivity index (χ4n) is 2.45. The van der Waals surface area contributed by atoms with Crippen LogP contribution in [0.3, 0.4) is 0 Å². The van der Waals surface area contributed by atoms with E-state index in [0.717, 1.165) is 13.0 Å². The second kappa shape index (κ2) is 6.73. The molecule has 2 amide bonds. The smallest absolute Gasteiger partial charge is 0.314 e. The summed E-state index contributed by atoms with van der Waals surface area (Å²) in [6, 6.07) is 4.13. The van der Waals surface area contributed by atoms with E-state index in [9.17, 15) is 14.9 Å². The van der Waals surface area contributed by atoms with Gasteiger partial charge in [0.15, 0.2) is 0 Å². The predicted octanol–water partition coefficient (Wildman–Crippen LogP) is 1.83. The number of nitrogens with two attached hydrogens (primary N) is 1. The number of urea groups is 1. The van der Waals surface area contributed by atoms with Gasteiger partial charge in [-0.3, -0.25) is 15.0 Å². The molecule has 1 aliphatic rings. The summed E-state index contributed by atoms with van der Waals surface area (Å²) >= 11 is 5.93. The first-order valence-corrected chi connectivity index (χ1v) is 7.04. The van der Waals surface area contributed by atoms with Crippen molar-refractivity contribution in [2.75, 3.05) is 26.2 Å². The highest BCUT2D eigenvalue weighted by molar-refractivity contribution is 6.30. The van der Waals surface area contributed by atoms with Crippen LogP contribution in [0.25, 0.3) is 0 Å². The van der Waals surface area contributed by atoms with E-state index in [2.05, 4.69) is 4.90 Å². The van der Waals surface area contributed by atoms with Crippen LogP contribution in [0.15, 0.2) is 18.2 Å². The summed E-state index contributed by atoms with van der Waals surface area (Å²) in [6.45, 7) is 2.97. The summed E-state index contributed by atoms with van der Waals surface area (Å²) in [5, 5.41) is 11.5. The van der Waals surface area contributed by atoms with Gasteiger partial charge >= 0.3 is 6.03 Å². The number of benzene rings is 1. The zero-order valence-electron chi connectivity index (χ0n) is 11.5. The molecule has 2 N–H and O–H groups in total. The Labute approximate surface area is 127 Å². The van der Waals surface area contributed by atoms with E-state index >= 15 is 0 Å². The number of nitro groups is 1. The number of hydrogen-bond donors (Lipinski definition) is 1. The second-order valence-electron chi connectivity index (χ2n) is 4.99. The molecule has 0 spiro atoms. The topological polar surface area (TPSA) is 92.7 Å². The fourth-order valence-corrected chi connectivity index (χ4v) is 2.64. The van der Waals surface area contributed by atoms with Crippen molar-refractivity contribution in [3.8, 4) is 0 Å². The quantitative estimate of drug-likeness (QED) is 0.680. The summed E-state index contributed by atoms with van der Waals surface area (Å²) < 4.78 is 0. The van der Waals surface area contributed by atoms with E-state index in [-0.39, 0.29) is 5.69 Å². The van der Waals surface area contributed by atoms with Crippen molar-refractivity contribution in [3.63, 3.8) is 0 Å². The first kappa shape index (κ1) is 15.5. The number of carbonyl (C=O) groups is 1. The zero-order valence-corrected chi connectivity index (χ0v) is 12.3. The van der Waals surface area contributed by atoms with E-state index in [4.69, 9.17) is 17.3 Å². The maximum Gasteiger partial charge on any atom is 0.314 e. The fraction of sp³-hybridized carbons (Fsp3) is 0.462. The standard InChI is InChI=1S/C13H17ClN4O3/c14-11-2-3-12(18(20)21)10(8-11)9-16-4-1-5-17(7-6-16)13(15)19/h2-3,8H,1,4-7,9H2,(H2,15,19). The average Bonchev–Trinajstić information content (AvgIpc) is 2.64. The lowest BCUT2D eigenvalue weighted by atomic mass is 10.1. The normalized spacial score (nSPS) is 16.5. The van der Waals surface area contributed by atoms with Gasteiger partial charge in [0.05, 0.1) is 4.92 Å². The lowest BCUT2D eigenvalue weighted by Crippen LogP contribution is -2.38. The second-order valence-corrected chi connectivity index (χ2v) is 5.42. The molecule has 2 rings (SSSR count). The Hall–Kier alpha value is -1.86. The molecule has 1 fully saturated rings. The van der Waals surface area contributed by atoms with Gasteiger partial charge in [-0.25, -0.2) is 4.79 Å². The first-order chi connectivity index (χ1) is 9.97. The largest absolute Gasteiger partial charge is 0.351 e. The molecule has 0 atom stereocenters. The maximum absolute atomic E-state index is 11.2. The number of carbonyl (C=O) groups excluding carboxylic acids is 1. The van der Waals surface area contributed by atoms with E-state index in [1.54, 1.807) is 11.0 Å². The first-order valence-electron chi connectivity index (χ1n) is 6.67. The van der Waals surface area contributed by atoms with Gasteiger partial charge in [0, 0.05) is 49.4 Å². The molecule has 0 radical (unpaired) electrons. The number of amides is 2. The third-order valence-electron chi connectivity index (χ3n) is 3.53. The van der Waals surface area contributed by atoms with Crippen LogP contribution in [0.1, 0.15) is 12.0 Å². The van der Waals surface area contributed by atoms with Crippen molar-refractivity contribution in [2.45, 2.75) is 13.0 Å². The van der Waals surface area contributed by atoms with Crippen LogP contribution in [0, 0.1) is 10.1 Å². The van der Waals surface area contributed by atoms with Gasteiger partial charge in [-0.2, -0.15) is 0 Å². The Bertz CT molecular complexity index is 552. The summed E-state index contributed by atoms with van der Waals surface area (Å²) in [4.78, 5) is 25.5. The van der Waals surface area contributed by atoms with Crippen molar-refractivity contribution in [1.29, 1.82) is 0 Å². The molecule has 0 saturated carbocycles. The van der Waals surface area contributed by atoms with Gasteiger partial charge in [0.25, 0.3) is 5.69 Å². The van der Waals surface area contributed by atoms with Gasteiger partial charge in [-0.15, -0.1) is 0 Å². The third kappa shape index (κ3) is 4.05. The van der Waals surface area contributed by atoms with Crippen LogP contribution in [0.4, 0.5) is 10.5 Å². The Morgan fingerprint density at radius 3 is 2.76 bits per heavy atom. The van der Waals surface area contributed by atoms with Crippen LogP contribution < -0.4 is 5.73 Å². The number of rotatable bonds is 3. The summed E-state index contributed by atoms with van der Waals surface area (Å²) in [5.41, 5.74) is 5.93. The van der Waals surface area contributed by atoms with Crippen molar-refractivity contribution >= 4 is 23.3 Å². The molecular weight excluding hydrogens is 296 g/mol. The number of primary amides is 1. The van der Waals surface area contributed by atoms with E-state index in [0.29, 0.717) is 36.8 Å². The molecule has 0 unspecified atom stereocenters. The molecule has 7 nitrogen and oxygen atoms in total. The molecule has 1 saturated heterocycles. The molecule has 21 heavy (non-hydrogen) atoms. The maximum atomic E-state index is 11.2. The van der Waals surface area contributed by atoms with Crippen LogP contribution in [0.5, 0.6) is 0 Å². The molecule has 0 aliphatic carbocycles. The van der Waals surface area contributed by atoms with Gasteiger partial charge in [-0.1, -0.05) is 11.6 Å². The number of nitrogens with zero attached hydrogens (tertiary/aromatic N) is 3. The minimum atomic E-state index is -0.425. The van der Waals surface area contributed by atoms with E-state index < -0.39 is 11.0 Å². The van der Waals surface area contributed by atoms with Crippen LogP contribution in [-0.4, -0.2) is 46.9 Å². The molecular formula is C13H17ClN4O3. The van der Waals surface area contributed by atoms with Gasteiger partial charge in [0.1, 0.15) is 0 Å². The van der Waals surface area contributed by atoms with Gasteiger partial charge in [-0.05, 0) is 18.6 Å². The summed E-state index contributed by atoms with van der Waals surface area (Å²) in [7, 11) is 0. The lowest BCUT2D eigenvalue weighted by Gasteiger charge is -2.20. The molecule has 8 heteroatoms. The van der Waals surface area contributed by atoms with Crippen molar-refractivity contribution < 1.29 is 9.72 Å². The van der Waals surface area contributed by atoms with Gasteiger partial charge < -0.3 is 10.6 Å². The van der Waals surface area contributed by atoms with Gasteiger partial charge in [0.2, 0.25) is 0 Å². The third-order valence-corrected chi connectivity index (χ3v) is 3.77. The van der Waals surface area contributed by atoms with Crippen LogP contribution >= 0.6 is 11.6 Å². The molecule has 1 aliphatic heterocycles.